The maximum absolute atomic E-state index is 13.9. The van der Waals surface area contributed by atoms with Gasteiger partial charge in [-0.25, -0.2) is 4.98 Å². The van der Waals surface area contributed by atoms with E-state index in [1.165, 1.54) is 12.1 Å². The molecule has 1 saturated heterocycles. The molecule has 0 spiro atoms. The highest BCUT2D eigenvalue weighted by atomic mass is 19.4. The van der Waals surface area contributed by atoms with E-state index in [0.717, 1.165) is 49.7 Å². The molecule has 0 unspecified atom stereocenters. The van der Waals surface area contributed by atoms with E-state index >= 15 is 0 Å². The molecule has 0 radical (unpaired) electrons. The van der Waals surface area contributed by atoms with Crippen molar-refractivity contribution >= 4 is 23.3 Å². The van der Waals surface area contributed by atoms with Crippen molar-refractivity contribution < 1.29 is 27.5 Å². The van der Waals surface area contributed by atoms with E-state index in [1.807, 2.05) is 23.1 Å². The Morgan fingerprint density at radius 1 is 0.929 bits per heavy atom. The van der Waals surface area contributed by atoms with Gasteiger partial charge >= 0.3 is 6.18 Å². The van der Waals surface area contributed by atoms with E-state index in [-0.39, 0.29) is 36.2 Å². The number of pyridine rings is 1. The number of nitrogens with zero attached hydrogens (tertiary/aromatic N) is 3. The molecule has 1 aliphatic heterocycles. The first kappa shape index (κ1) is 29.5. The molecule has 8 nitrogen and oxygen atoms in total. The second-order valence-corrected chi connectivity index (χ2v) is 10.6. The number of alkyl halides is 3. The number of anilines is 2. The molecule has 0 bridgehead atoms. The van der Waals surface area contributed by atoms with Crippen molar-refractivity contribution in [2.24, 2.45) is 5.92 Å². The van der Waals surface area contributed by atoms with Crippen LogP contribution in [0.4, 0.5) is 24.7 Å². The molecule has 2 heterocycles. The summed E-state index contributed by atoms with van der Waals surface area (Å²) in [6, 6.07) is 14.5. The van der Waals surface area contributed by atoms with Crippen LogP contribution in [-0.2, 0) is 22.3 Å². The molecule has 1 aromatic heterocycles. The predicted molar refractivity (Wildman–Crippen MR) is 154 cm³/mol. The minimum absolute atomic E-state index is 0.00447. The third-order valence-corrected chi connectivity index (χ3v) is 7.53. The number of hydrogen-bond donors (Lipinski definition) is 2. The third kappa shape index (κ3) is 7.86. The Morgan fingerprint density at radius 2 is 1.62 bits per heavy atom. The summed E-state index contributed by atoms with van der Waals surface area (Å²) in [5.74, 6) is 0.466. The predicted octanol–water partition coefficient (Wildman–Crippen LogP) is 5.27. The maximum Gasteiger partial charge on any atom is 0.416 e. The summed E-state index contributed by atoms with van der Waals surface area (Å²) in [6.45, 7) is 5.94. The van der Waals surface area contributed by atoms with E-state index in [1.54, 1.807) is 24.4 Å². The first-order valence-corrected chi connectivity index (χ1v) is 14.1. The Bertz CT molecular complexity index is 1380. The van der Waals surface area contributed by atoms with Crippen LogP contribution in [0.3, 0.4) is 0 Å². The summed E-state index contributed by atoms with van der Waals surface area (Å²) in [6.07, 6.45) is -1.04. The summed E-state index contributed by atoms with van der Waals surface area (Å²) in [5.41, 5.74) is 1.22. The number of carbonyl (C=O) groups is 2. The van der Waals surface area contributed by atoms with Crippen LogP contribution in [-0.4, -0.2) is 65.9 Å². The van der Waals surface area contributed by atoms with E-state index in [0.29, 0.717) is 24.7 Å². The molecule has 5 rings (SSSR count). The maximum atomic E-state index is 13.9. The topological polar surface area (TPSA) is 86.8 Å². The van der Waals surface area contributed by atoms with Gasteiger partial charge in [-0.15, -0.1) is 0 Å². The summed E-state index contributed by atoms with van der Waals surface area (Å²) in [7, 11) is 0. The fourth-order valence-electron chi connectivity index (χ4n) is 4.86. The Balaban J connectivity index is 1.14. The first-order chi connectivity index (χ1) is 20.2. The van der Waals surface area contributed by atoms with Crippen molar-refractivity contribution in [1.29, 1.82) is 0 Å². The number of halogens is 3. The fraction of sp³-hybridized carbons (Fsp3) is 0.387. The van der Waals surface area contributed by atoms with Crippen LogP contribution in [0.1, 0.15) is 30.9 Å². The Morgan fingerprint density at radius 3 is 2.24 bits per heavy atom. The standard InChI is InChI=1S/C31H34F3N5O3/c1-2-38-13-15-39(16-14-38)19-24-5-9-25(17-27(24)31(32,33)34)36-29(40)20-42-26-10-6-21(7-11-26)23-8-12-28(35-18-23)37-30(41)22-3-4-22/h5-12,17-18,22H,2-4,13-16,19-20H2,1H3,(H,36,40)(H,35,37,41). The number of piperazine rings is 1. The van der Waals surface area contributed by atoms with Crippen LogP contribution in [0.25, 0.3) is 11.1 Å². The van der Waals surface area contributed by atoms with E-state index < -0.39 is 17.6 Å². The Kier molecular flexibility index (Phi) is 9.08. The number of rotatable bonds is 10. The molecule has 42 heavy (non-hydrogen) atoms. The lowest BCUT2D eigenvalue weighted by Crippen LogP contribution is -2.45. The minimum Gasteiger partial charge on any atom is -0.484 e. The molecule has 0 atom stereocenters. The second-order valence-electron chi connectivity index (χ2n) is 10.6. The molecule has 1 saturated carbocycles. The SMILES string of the molecule is CCN1CCN(Cc2ccc(NC(=O)COc3ccc(-c4ccc(NC(=O)C5CC5)nc4)cc3)cc2C(F)(F)F)CC1. The largest absolute Gasteiger partial charge is 0.484 e. The molecular weight excluding hydrogens is 547 g/mol. The molecule has 2 aromatic carbocycles. The average Bonchev–Trinajstić information content (AvgIpc) is 3.84. The molecule has 3 aromatic rings. The highest BCUT2D eigenvalue weighted by molar-refractivity contribution is 5.93. The van der Waals surface area contributed by atoms with Gasteiger partial charge in [-0.1, -0.05) is 25.1 Å². The van der Waals surface area contributed by atoms with Crippen LogP contribution < -0.4 is 15.4 Å². The number of hydrogen-bond acceptors (Lipinski definition) is 6. The van der Waals surface area contributed by atoms with Gasteiger partial charge in [0.15, 0.2) is 6.61 Å². The van der Waals surface area contributed by atoms with Crippen LogP contribution in [0.15, 0.2) is 60.8 Å². The number of likely N-dealkylation sites (N-methyl/N-ethyl adjacent to an activating group) is 1. The zero-order chi connectivity index (χ0) is 29.7. The third-order valence-electron chi connectivity index (χ3n) is 7.53. The molecule has 2 N–H and O–H groups in total. The number of ether oxygens (including phenoxy) is 1. The lowest BCUT2D eigenvalue weighted by atomic mass is 10.0. The highest BCUT2D eigenvalue weighted by Crippen LogP contribution is 2.35. The van der Waals surface area contributed by atoms with Gasteiger partial charge < -0.3 is 20.3 Å². The molecule has 11 heteroatoms. The van der Waals surface area contributed by atoms with Crippen LogP contribution in [0.5, 0.6) is 5.75 Å². The molecule has 2 fully saturated rings. The van der Waals surface area contributed by atoms with Gasteiger partial charge in [-0.2, -0.15) is 13.2 Å². The summed E-state index contributed by atoms with van der Waals surface area (Å²) >= 11 is 0. The smallest absolute Gasteiger partial charge is 0.416 e. The number of nitrogens with one attached hydrogen (secondary N) is 2. The minimum atomic E-state index is -4.54. The zero-order valence-electron chi connectivity index (χ0n) is 23.4. The van der Waals surface area contributed by atoms with Crippen LogP contribution in [0.2, 0.25) is 0 Å². The van der Waals surface area contributed by atoms with Gasteiger partial charge in [-0.3, -0.25) is 14.5 Å². The van der Waals surface area contributed by atoms with Crippen molar-refractivity contribution in [3.63, 3.8) is 0 Å². The fourth-order valence-corrected chi connectivity index (χ4v) is 4.86. The van der Waals surface area contributed by atoms with Crippen molar-refractivity contribution in [3.05, 3.63) is 71.9 Å². The van der Waals surface area contributed by atoms with Gasteiger partial charge in [0, 0.05) is 56.1 Å². The number of aromatic nitrogens is 1. The van der Waals surface area contributed by atoms with Gasteiger partial charge in [0.1, 0.15) is 11.6 Å². The average molecular weight is 582 g/mol. The lowest BCUT2D eigenvalue weighted by molar-refractivity contribution is -0.138. The van der Waals surface area contributed by atoms with Crippen LogP contribution >= 0.6 is 0 Å². The number of amides is 2. The summed E-state index contributed by atoms with van der Waals surface area (Å²) in [4.78, 5) is 33.0. The molecule has 2 aliphatic rings. The van der Waals surface area contributed by atoms with Gasteiger partial charge in [0.2, 0.25) is 5.91 Å². The van der Waals surface area contributed by atoms with Gasteiger partial charge in [0.25, 0.3) is 5.91 Å². The zero-order valence-corrected chi connectivity index (χ0v) is 23.4. The number of benzene rings is 2. The van der Waals surface area contributed by atoms with Crippen molar-refractivity contribution in [1.82, 2.24) is 14.8 Å². The normalized spacial score (nSPS) is 16.2. The van der Waals surface area contributed by atoms with Crippen molar-refractivity contribution in [2.45, 2.75) is 32.5 Å². The van der Waals surface area contributed by atoms with Gasteiger partial charge in [0.05, 0.1) is 5.56 Å². The second kappa shape index (κ2) is 12.9. The summed E-state index contributed by atoms with van der Waals surface area (Å²) in [5, 5.41) is 5.32. The molecule has 222 valence electrons. The molecule has 1 aliphatic carbocycles. The Hall–Kier alpha value is -3.96. The quantitative estimate of drug-likeness (QED) is 0.339. The Labute approximate surface area is 242 Å². The monoisotopic (exact) mass is 581 g/mol. The van der Waals surface area contributed by atoms with Crippen molar-refractivity contribution in [2.75, 3.05) is 50.0 Å². The first-order valence-electron chi connectivity index (χ1n) is 14.1. The van der Waals surface area contributed by atoms with Crippen molar-refractivity contribution in [3.8, 4) is 16.9 Å². The lowest BCUT2D eigenvalue weighted by Gasteiger charge is -2.34. The highest BCUT2D eigenvalue weighted by Gasteiger charge is 2.34. The summed E-state index contributed by atoms with van der Waals surface area (Å²) < 4.78 is 47.2. The van der Waals surface area contributed by atoms with Gasteiger partial charge in [-0.05, 0) is 66.9 Å². The van der Waals surface area contributed by atoms with Crippen LogP contribution in [0, 0.1) is 5.92 Å². The molecule has 2 amide bonds. The number of carbonyl (C=O) groups excluding carboxylic acids is 2. The van der Waals surface area contributed by atoms with E-state index in [9.17, 15) is 22.8 Å². The van der Waals surface area contributed by atoms with E-state index in [2.05, 4.69) is 27.4 Å². The van der Waals surface area contributed by atoms with E-state index in [4.69, 9.17) is 4.74 Å². The molecular formula is C31H34F3N5O3.